The summed E-state index contributed by atoms with van der Waals surface area (Å²) in [5.41, 5.74) is 2.35. The zero-order chi connectivity index (χ0) is 14.9. The van der Waals surface area contributed by atoms with E-state index in [4.69, 9.17) is 5.14 Å². The lowest BCUT2D eigenvalue weighted by Gasteiger charge is -2.08. The van der Waals surface area contributed by atoms with E-state index in [1.54, 1.807) is 36.1 Å². The van der Waals surface area contributed by atoms with Crippen molar-refractivity contribution in [1.82, 2.24) is 9.97 Å². The Bertz CT molecular complexity index is 860. The van der Waals surface area contributed by atoms with Crippen LogP contribution in [-0.4, -0.2) is 18.4 Å². The first-order valence-electron chi connectivity index (χ1n) is 6.03. The molecular weight excluding hydrogens is 306 g/mol. The second-order valence-electron chi connectivity index (χ2n) is 4.33. The molecule has 5 nitrogen and oxygen atoms in total. The van der Waals surface area contributed by atoms with Gasteiger partial charge in [0.25, 0.3) is 0 Å². The van der Waals surface area contributed by atoms with E-state index in [0.717, 1.165) is 11.1 Å². The van der Waals surface area contributed by atoms with E-state index in [0.29, 0.717) is 10.6 Å². The van der Waals surface area contributed by atoms with Gasteiger partial charge in [0.1, 0.15) is 5.01 Å². The molecule has 3 aromatic rings. The van der Waals surface area contributed by atoms with Crippen molar-refractivity contribution in [2.45, 2.75) is 4.90 Å². The SMILES string of the molecule is NS(=O)(=O)c1ccc(-c2ccncc2)cc1-c1nccs1. The maximum Gasteiger partial charge on any atom is 0.238 e. The number of hydrogen-bond donors (Lipinski definition) is 1. The molecule has 0 bridgehead atoms. The number of aromatic nitrogens is 2. The molecule has 0 fully saturated rings. The van der Waals surface area contributed by atoms with E-state index in [2.05, 4.69) is 9.97 Å². The highest BCUT2D eigenvalue weighted by Crippen LogP contribution is 2.32. The molecule has 106 valence electrons. The summed E-state index contributed by atoms with van der Waals surface area (Å²) < 4.78 is 23.5. The Morgan fingerprint density at radius 1 is 1.00 bits per heavy atom. The highest BCUT2D eigenvalue weighted by molar-refractivity contribution is 7.89. The number of primary sulfonamides is 1. The summed E-state index contributed by atoms with van der Waals surface area (Å²) in [5, 5.41) is 7.70. The minimum absolute atomic E-state index is 0.0789. The number of benzene rings is 1. The Balaban J connectivity index is 2.23. The van der Waals surface area contributed by atoms with Gasteiger partial charge in [-0.2, -0.15) is 0 Å². The molecule has 2 aromatic heterocycles. The zero-order valence-electron chi connectivity index (χ0n) is 10.8. The van der Waals surface area contributed by atoms with Gasteiger partial charge in [-0.25, -0.2) is 18.5 Å². The van der Waals surface area contributed by atoms with E-state index in [1.165, 1.54) is 17.4 Å². The van der Waals surface area contributed by atoms with Crippen molar-refractivity contribution in [1.29, 1.82) is 0 Å². The summed E-state index contributed by atoms with van der Waals surface area (Å²) in [6.07, 6.45) is 5.00. The van der Waals surface area contributed by atoms with Crippen LogP contribution in [0.1, 0.15) is 0 Å². The molecule has 0 atom stereocenters. The molecule has 2 heterocycles. The third-order valence-electron chi connectivity index (χ3n) is 2.96. The van der Waals surface area contributed by atoms with Crippen LogP contribution in [-0.2, 0) is 10.0 Å². The molecule has 0 unspecified atom stereocenters. The predicted octanol–water partition coefficient (Wildman–Crippen LogP) is 2.52. The number of nitrogens with two attached hydrogens (primary N) is 1. The van der Waals surface area contributed by atoms with Crippen LogP contribution in [0, 0.1) is 0 Å². The smallest absolute Gasteiger partial charge is 0.238 e. The van der Waals surface area contributed by atoms with Crippen LogP contribution in [0.25, 0.3) is 21.7 Å². The van der Waals surface area contributed by atoms with Crippen molar-refractivity contribution < 1.29 is 8.42 Å². The maximum absolute atomic E-state index is 11.7. The molecule has 0 aliphatic heterocycles. The van der Waals surface area contributed by atoms with Crippen molar-refractivity contribution in [3.8, 4) is 21.7 Å². The minimum atomic E-state index is -3.80. The Hall–Kier alpha value is -2.09. The van der Waals surface area contributed by atoms with Gasteiger partial charge in [-0.1, -0.05) is 6.07 Å². The first kappa shape index (κ1) is 13.9. The maximum atomic E-state index is 11.7. The van der Waals surface area contributed by atoms with Gasteiger partial charge >= 0.3 is 0 Å². The fraction of sp³-hybridized carbons (Fsp3) is 0. The molecule has 0 saturated carbocycles. The zero-order valence-corrected chi connectivity index (χ0v) is 12.4. The van der Waals surface area contributed by atoms with Gasteiger partial charge < -0.3 is 0 Å². The van der Waals surface area contributed by atoms with Crippen molar-refractivity contribution in [3.63, 3.8) is 0 Å². The largest absolute Gasteiger partial charge is 0.265 e. The average molecular weight is 317 g/mol. The molecule has 0 aliphatic rings. The molecule has 0 aliphatic carbocycles. The molecule has 2 N–H and O–H groups in total. The molecular formula is C14H11N3O2S2. The molecule has 1 aromatic carbocycles. The number of nitrogens with zero attached hydrogens (tertiary/aromatic N) is 2. The summed E-state index contributed by atoms with van der Waals surface area (Å²) >= 11 is 1.37. The first-order chi connectivity index (χ1) is 10.1. The van der Waals surface area contributed by atoms with Gasteiger partial charge in [0.15, 0.2) is 0 Å². The van der Waals surface area contributed by atoms with Crippen LogP contribution in [0.5, 0.6) is 0 Å². The van der Waals surface area contributed by atoms with Gasteiger partial charge in [-0.3, -0.25) is 4.98 Å². The lowest BCUT2D eigenvalue weighted by molar-refractivity contribution is 0.598. The van der Waals surface area contributed by atoms with Crippen LogP contribution < -0.4 is 5.14 Å². The summed E-state index contributed by atoms with van der Waals surface area (Å²) in [4.78, 5) is 8.23. The number of sulfonamides is 1. The highest BCUT2D eigenvalue weighted by atomic mass is 32.2. The number of hydrogen-bond acceptors (Lipinski definition) is 5. The second kappa shape index (κ2) is 5.36. The normalized spacial score (nSPS) is 11.5. The first-order valence-corrected chi connectivity index (χ1v) is 8.45. The monoisotopic (exact) mass is 317 g/mol. The van der Waals surface area contributed by atoms with Crippen molar-refractivity contribution in [2.75, 3.05) is 0 Å². The summed E-state index contributed by atoms with van der Waals surface area (Å²) in [5.74, 6) is 0. The lowest BCUT2D eigenvalue weighted by atomic mass is 10.0. The van der Waals surface area contributed by atoms with Gasteiger partial charge in [0, 0.05) is 29.5 Å². The Morgan fingerprint density at radius 3 is 2.38 bits per heavy atom. The molecule has 0 amide bonds. The molecule has 0 spiro atoms. The summed E-state index contributed by atoms with van der Waals surface area (Å²) in [7, 11) is -3.80. The summed E-state index contributed by atoms with van der Waals surface area (Å²) in [6, 6.07) is 8.75. The predicted molar refractivity (Wildman–Crippen MR) is 82.2 cm³/mol. The average Bonchev–Trinajstić information content (AvgIpc) is 3.01. The van der Waals surface area contributed by atoms with Crippen LogP contribution >= 0.6 is 11.3 Å². The van der Waals surface area contributed by atoms with Crippen molar-refractivity contribution >= 4 is 21.4 Å². The number of thiazole rings is 1. The highest BCUT2D eigenvalue weighted by Gasteiger charge is 2.17. The van der Waals surface area contributed by atoms with E-state index < -0.39 is 10.0 Å². The standard InChI is InChI=1S/C14H11N3O2S2/c15-21(18,19)13-2-1-11(10-3-5-16-6-4-10)9-12(13)14-17-7-8-20-14/h1-9H,(H2,15,18,19). The van der Waals surface area contributed by atoms with Crippen LogP contribution in [0.2, 0.25) is 0 Å². The van der Waals surface area contributed by atoms with Crippen LogP contribution in [0.4, 0.5) is 0 Å². The van der Waals surface area contributed by atoms with E-state index in [9.17, 15) is 8.42 Å². The Kier molecular flexibility index (Phi) is 3.54. The fourth-order valence-electron chi connectivity index (χ4n) is 2.03. The number of rotatable bonds is 3. The Morgan fingerprint density at radius 2 is 1.76 bits per heavy atom. The molecule has 7 heteroatoms. The summed E-state index contributed by atoms with van der Waals surface area (Å²) in [6.45, 7) is 0. The van der Waals surface area contributed by atoms with E-state index in [1.807, 2.05) is 12.1 Å². The second-order valence-corrected chi connectivity index (χ2v) is 6.75. The quantitative estimate of drug-likeness (QED) is 0.804. The third-order valence-corrected chi connectivity index (χ3v) is 4.74. The fourth-order valence-corrected chi connectivity index (χ4v) is 3.48. The van der Waals surface area contributed by atoms with Gasteiger partial charge in [0.05, 0.1) is 4.90 Å². The van der Waals surface area contributed by atoms with Gasteiger partial charge in [-0.05, 0) is 35.4 Å². The van der Waals surface area contributed by atoms with Crippen molar-refractivity contribution in [2.24, 2.45) is 5.14 Å². The van der Waals surface area contributed by atoms with Crippen LogP contribution in [0.15, 0.2) is 59.2 Å². The number of pyridine rings is 1. The lowest BCUT2D eigenvalue weighted by Crippen LogP contribution is -2.13. The minimum Gasteiger partial charge on any atom is -0.265 e. The molecule has 3 rings (SSSR count). The Labute approximate surface area is 126 Å². The molecule has 0 saturated heterocycles. The van der Waals surface area contributed by atoms with Gasteiger partial charge in [-0.15, -0.1) is 11.3 Å². The molecule has 21 heavy (non-hydrogen) atoms. The molecule has 0 radical (unpaired) electrons. The van der Waals surface area contributed by atoms with E-state index >= 15 is 0 Å². The van der Waals surface area contributed by atoms with E-state index in [-0.39, 0.29) is 4.90 Å². The van der Waals surface area contributed by atoms with Crippen LogP contribution in [0.3, 0.4) is 0 Å². The third kappa shape index (κ3) is 2.85. The van der Waals surface area contributed by atoms with Gasteiger partial charge in [0.2, 0.25) is 10.0 Å². The topological polar surface area (TPSA) is 85.9 Å². The van der Waals surface area contributed by atoms with Crippen molar-refractivity contribution in [3.05, 3.63) is 54.3 Å².